The maximum Gasteiger partial charge on any atom is 0.306 e. The molecule has 1 saturated heterocycles. The van der Waals surface area contributed by atoms with Crippen molar-refractivity contribution >= 4 is 34.5 Å². The van der Waals surface area contributed by atoms with E-state index in [1.54, 1.807) is 20.8 Å². The Morgan fingerprint density at radius 3 is 2.54 bits per heavy atom. The van der Waals surface area contributed by atoms with Crippen LogP contribution < -0.4 is 16.5 Å². The summed E-state index contributed by atoms with van der Waals surface area (Å²) in [7, 11) is 0. The van der Waals surface area contributed by atoms with Gasteiger partial charge in [0.05, 0.1) is 0 Å². The van der Waals surface area contributed by atoms with E-state index < -0.39 is 41.9 Å². The highest BCUT2D eigenvalue weighted by Gasteiger charge is 2.32. The topological polar surface area (TPSA) is 144 Å². The van der Waals surface area contributed by atoms with E-state index >= 15 is 0 Å². The Hall–Kier alpha value is -3.53. The van der Waals surface area contributed by atoms with Crippen molar-refractivity contribution in [3.8, 4) is 0 Å². The number of rotatable bonds is 11. The molecule has 1 aromatic carbocycles. The third kappa shape index (κ3) is 8.23. The van der Waals surface area contributed by atoms with Crippen molar-refractivity contribution in [2.24, 2.45) is 11.7 Å². The van der Waals surface area contributed by atoms with Gasteiger partial charge in [-0.2, -0.15) is 0 Å². The van der Waals surface area contributed by atoms with Gasteiger partial charge in [0.25, 0.3) is 11.8 Å². The lowest BCUT2D eigenvalue weighted by atomic mass is 9.99. The highest BCUT2D eigenvalue weighted by molar-refractivity contribution is 5.90. The molecule has 3 atom stereocenters. The van der Waals surface area contributed by atoms with Crippen LogP contribution in [0.5, 0.6) is 0 Å². The van der Waals surface area contributed by atoms with E-state index in [0.717, 1.165) is 16.5 Å². The van der Waals surface area contributed by atoms with Crippen molar-refractivity contribution in [3.05, 3.63) is 41.7 Å². The third-order valence-corrected chi connectivity index (χ3v) is 6.93. The Bertz CT molecular complexity index is 1200. The zero-order valence-electron chi connectivity index (χ0n) is 23.5. The van der Waals surface area contributed by atoms with Crippen LogP contribution in [0.15, 0.2) is 30.5 Å². The molecule has 39 heavy (non-hydrogen) atoms. The summed E-state index contributed by atoms with van der Waals surface area (Å²) >= 11 is 0. The minimum Gasteiger partial charge on any atom is -0.452 e. The van der Waals surface area contributed by atoms with Crippen molar-refractivity contribution in [1.82, 2.24) is 20.7 Å². The Morgan fingerprint density at radius 2 is 1.87 bits per heavy atom. The number of hydrazine groups is 1. The predicted molar refractivity (Wildman–Crippen MR) is 148 cm³/mol. The smallest absolute Gasteiger partial charge is 0.306 e. The van der Waals surface area contributed by atoms with Crippen LogP contribution in [-0.2, 0) is 30.3 Å². The molecule has 1 aliphatic heterocycles. The molecule has 4 N–H and O–H groups in total. The van der Waals surface area contributed by atoms with Crippen LogP contribution in [0.4, 0.5) is 0 Å². The van der Waals surface area contributed by atoms with E-state index in [9.17, 15) is 19.2 Å². The number of nitrogens with one attached hydrogen (secondary N) is 2. The van der Waals surface area contributed by atoms with E-state index in [1.807, 2.05) is 6.20 Å². The van der Waals surface area contributed by atoms with Crippen LogP contribution in [0.1, 0.15) is 77.5 Å². The Balaban J connectivity index is 1.51. The molecular weight excluding hydrogens is 498 g/mol. The van der Waals surface area contributed by atoms with Gasteiger partial charge in [-0.05, 0) is 61.5 Å². The van der Waals surface area contributed by atoms with Gasteiger partial charge in [0.1, 0.15) is 12.1 Å². The zero-order valence-corrected chi connectivity index (χ0v) is 23.5. The summed E-state index contributed by atoms with van der Waals surface area (Å²) in [6.45, 7) is 9.82. The Morgan fingerprint density at radius 1 is 1.13 bits per heavy atom. The van der Waals surface area contributed by atoms with Gasteiger partial charge in [-0.3, -0.25) is 29.2 Å². The summed E-state index contributed by atoms with van der Waals surface area (Å²) < 4.78 is 5.53. The van der Waals surface area contributed by atoms with Crippen LogP contribution >= 0.6 is 0 Å². The van der Waals surface area contributed by atoms with Crippen LogP contribution in [-0.4, -0.2) is 58.4 Å². The summed E-state index contributed by atoms with van der Waals surface area (Å²) in [4.78, 5) is 54.3. The normalized spacial score (nSPS) is 17.2. The van der Waals surface area contributed by atoms with E-state index in [1.165, 1.54) is 10.6 Å². The number of benzene rings is 1. The minimum atomic E-state index is -1.03. The van der Waals surface area contributed by atoms with Crippen LogP contribution in [0.3, 0.4) is 0 Å². The SMILES string of the molecule is CC(NC(=O)C(OC(=O)CCCc1cc2cc(C(C)C)ccc2cn1)C(C)C)C(=O)N1CCCC(C(N)=O)N1. The fourth-order valence-electron chi connectivity index (χ4n) is 4.55. The molecule has 3 amide bonds. The molecule has 0 bridgehead atoms. The number of carbonyl (C=O) groups excluding carboxylic acids is 4. The lowest BCUT2D eigenvalue weighted by Crippen LogP contribution is -2.60. The number of aryl methyl sites for hydroxylation is 1. The standard InChI is InChI=1S/C29H41N5O5/c1-17(2)20-11-12-21-16-31-23(15-22(21)14-20)8-6-10-25(35)39-26(18(3)4)28(37)32-19(5)29(38)34-13-7-9-24(33-34)27(30)36/h11-12,14-19,24,26,33H,6-10,13H2,1-5H3,(H2,30,36)(H,32,37). The molecule has 0 radical (unpaired) electrons. The molecule has 0 spiro atoms. The number of primary amides is 1. The molecule has 2 aromatic rings. The average molecular weight is 540 g/mol. The number of pyridine rings is 1. The first-order valence-corrected chi connectivity index (χ1v) is 13.7. The van der Waals surface area contributed by atoms with Crippen molar-refractivity contribution in [1.29, 1.82) is 0 Å². The van der Waals surface area contributed by atoms with Gasteiger partial charge in [-0.15, -0.1) is 0 Å². The largest absolute Gasteiger partial charge is 0.452 e. The first-order chi connectivity index (χ1) is 18.5. The van der Waals surface area contributed by atoms with E-state index in [4.69, 9.17) is 10.5 Å². The maximum atomic E-state index is 12.9. The molecule has 3 unspecified atom stereocenters. The molecule has 2 heterocycles. The number of hydrogen-bond acceptors (Lipinski definition) is 7. The van der Waals surface area contributed by atoms with Crippen molar-refractivity contribution in [2.75, 3.05) is 6.54 Å². The van der Waals surface area contributed by atoms with Gasteiger partial charge >= 0.3 is 5.97 Å². The summed E-state index contributed by atoms with van der Waals surface area (Å²) in [5.74, 6) is -1.81. The molecule has 212 valence electrons. The number of fused-ring (bicyclic) bond motifs is 1. The van der Waals surface area contributed by atoms with Crippen molar-refractivity contribution < 1.29 is 23.9 Å². The number of esters is 1. The summed E-state index contributed by atoms with van der Waals surface area (Å²) in [6, 6.07) is 6.91. The Labute approximate surface area is 230 Å². The summed E-state index contributed by atoms with van der Waals surface area (Å²) in [5.41, 5.74) is 10.3. The van der Waals surface area contributed by atoms with Gasteiger partial charge in [-0.1, -0.05) is 45.9 Å². The molecule has 10 nitrogen and oxygen atoms in total. The van der Waals surface area contributed by atoms with Gasteiger partial charge in [0.15, 0.2) is 6.10 Å². The van der Waals surface area contributed by atoms with Gasteiger partial charge < -0.3 is 15.8 Å². The van der Waals surface area contributed by atoms with E-state index in [-0.39, 0.29) is 12.3 Å². The van der Waals surface area contributed by atoms with Crippen molar-refractivity contribution in [3.63, 3.8) is 0 Å². The lowest BCUT2D eigenvalue weighted by Gasteiger charge is -2.34. The number of aromatic nitrogens is 1. The molecule has 0 aliphatic carbocycles. The summed E-state index contributed by atoms with van der Waals surface area (Å²) in [6.07, 6.45) is 3.26. The van der Waals surface area contributed by atoms with Crippen molar-refractivity contribution in [2.45, 2.75) is 90.8 Å². The van der Waals surface area contributed by atoms with E-state index in [0.29, 0.717) is 38.1 Å². The van der Waals surface area contributed by atoms with Gasteiger partial charge in [-0.25, -0.2) is 5.43 Å². The highest BCUT2D eigenvalue weighted by Crippen LogP contribution is 2.22. The quantitative estimate of drug-likeness (QED) is 0.373. The van der Waals surface area contributed by atoms with Crippen LogP contribution in [0.2, 0.25) is 0 Å². The lowest BCUT2D eigenvalue weighted by molar-refractivity contribution is -0.159. The second-order valence-electron chi connectivity index (χ2n) is 10.9. The van der Waals surface area contributed by atoms with Crippen LogP contribution in [0.25, 0.3) is 10.8 Å². The van der Waals surface area contributed by atoms with Gasteiger partial charge in [0.2, 0.25) is 5.91 Å². The zero-order chi connectivity index (χ0) is 28.7. The molecule has 1 aromatic heterocycles. The molecule has 10 heteroatoms. The number of hydrogen-bond donors (Lipinski definition) is 3. The Kier molecular flexibility index (Phi) is 10.4. The predicted octanol–water partition coefficient (Wildman–Crippen LogP) is 2.73. The number of ether oxygens (including phenoxy) is 1. The fraction of sp³-hybridized carbons (Fsp3) is 0.552. The number of amides is 3. The average Bonchev–Trinajstić information content (AvgIpc) is 2.90. The molecule has 1 aliphatic rings. The number of nitrogens with two attached hydrogens (primary N) is 1. The third-order valence-electron chi connectivity index (χ3n) is 6.93. The molecule has 1 fully saturated rings. The first-order valence-electron chi connectivity index (χ1n) is 13.7. The molecular formula is C29H41N5O5. The monoisotopic (exact) mass is 539 g/mol. The summed E-state index contributed by atoms with van der Waals surface area (Å²) in [5, 5.41) is 6.15. The second kappa shape index (κ2) is 13.5. The second-order valence-corrected chi connectivity index (χ2v) is 10.9. The molecule has 3 rings (SSSR count). The maximum absolute atomic E-state index is 12.9. The molecule has 0 saturated carbocycles. The minimum absolute atomic E-state index is 0.142. The number of carbonyl (C=O) groups is 4. The highest BCUT2D eigenvalue weighted by atomic mass is 16.5. The fourth-order valence-corrected chi connectivity index (χ4v) is 4.55. The van der Waals surface area contributed by atoms with E-state index in [2.05, 4.69) is 53.8 Å². The number of nitrogens with zero attached hydrogens (tertiary/aromatic N) is 2. The van der Waals surface area contributed by atoms with Crippen LogP contribution in [0, 0.1) is 5.92 Å². The van der Waals surface area contributed by atoms with Gasteiger partial charge in [0, 0.05) is 30.2 Å². The first kappa shape index (κ1) is 30.0.